The SMILES string of the molecule is CCn1c2cc(N)ccc2c[n+]1CC. The average molecular weight is 190 g/mol. The topological polar surface area (TPSA) is 34.8 Å². The number of anilines is 1. The molecule has 0 saturated carbocycles. The number of nitrogens with two attached hydrogens (primary N) is 1. The predicted octanol–water partition coefficient (Wildman–Crippen LogP) is 1.55. The van der Waals surface area contributed by atoms with Crippen molar-refractivity contribution in [2.45, 2.75) is 26.9 Å². The van der Waals surface area contributed by atoms with E-state index in [9.17, 15) is 0 Å². The standard InChI is InChI=1S/C11H15N3/c1-3-13-8-9-5-6-10(12)7-11(9)14(13)4-2/h5-8,12H,3-4H2,1-2H3/p+1. The minimum absolute atomic E-state index is 0.827. The molecule has 0 spiro atoms. The van der Waals surface area contributed by atoms with Crippen LogP contribution in [0.15, 0.2) is 24.4 Å². The highest BCUT2D eigenvalue weighted by Crippen LogP contribution is 2.15. The zero-order valence-electron chi connectivity index (χ0n) is 8.70. The van der Waals surface area contributed by atoms with Crippen LogP contribution in [0.1, 0.15) is 13.8 Å². The quantitative estimate of drug-likeness (QED) is 0.566. The van der Waals surface area contributed by atoms with Gasteiger partial charge in [0.25, 0.3) is 0 Å². The zero-order chi connectivity index (χ0) is 10.1. The van der Waals surface area contributed by atoms with Crippen molar-refractivity contribution >= 4 is 16.6 Å². The fourth-order valence-corrected chi connectivity index (χ4v) is 1.88. The summed E-state index contributed by atoms with van der Waals surface area (Å²) in [4.78, 5) is 0. The first-order valence-corrected chi connectivity index (χ1v) is 5.04. The second-order valence-electron chi connectivity index (χ2n) is 3.42. The molecule has 2 aromatic rings. The van der Waals surface area contributed by atoms with Crippen molar-refractivity contribution in [2.75, 3.05) is 5.73 Å². The summed E-state index contributed by atoms with van der Waals surface area (Å²) in [6.45, 7) is 6.26. The number of rotatable bonds is 2. The van der Waals surface area contributed by atoms with E-state index in [0.29, 0.717) is 0 Å². The second kappa shape index (κ2) is 3.33. The fraction of sp³-hybridized carbons (Fsp3) is 0.364. The Hall–Kier alpha value is -1.51. The van der Waals surface area contributed by atoms with Crippen LogP contribution in [0.4, 0.5) is 5.69 Å². The van der Waals surface area contributed by atoms with Gasteiger partial charge < -0.3 is 5.73 Å². The Balaban J connectivity index is 2.74. The van der Waals surface area contributed by atoms with E-state index in [1.165, 1.54) is 10.9 Å². The molecular weight excluding hydrogens is 174 g/mol. The van der Waals surface area contributed by atoms with Crippen LogP contribution in [0.25, 0.3) is 10.9 Å². The second-order valence-corrected chi connectivity index (χ2v) is 3.42. The number of nitrogens with zero attached hydrogens (tertiary/aromatic N) is 2. The predicted molar refractivity (Wildman–Crippen MR) is 57.9 cm³/mol. The van der Waals surface area contributed by atoms with Gasteiger partial charge in [-0.05, 0) is 32.0 Å². The maximum atomic E-state index is 5.78. The van der Waals surface area contributed by atoms with Crippen LogP contribution >= 0.6 is 0 Å². The molecule has 0 fully saturated rings. The molecule has 0 aliphatic carbocycles. The molecule has 0 aliphatic heterocycles. The largest absolute Gasteiger partial charge is 0.399 e. The van der Waals surface area contributed by atoms with E-state index in [4.69, 9.17) is 5.73 Å². The third-order valence-electron chi connectivity index (χ3n) is 2.55. The lowest BCUT2D eigenvalue weighted by Crippen LogP contribution is -2.41. The van der Waals surface area contributed by atoms with Gasteiger partial charge in [0.2, 0.25) is 6.20 Å². The Bertz CT molecular complexity index is 457. The highest BCUT2D eigenvalue weighted by molar-refractivity contribution is 5.80. The van der Waals surface area contributed by atoms with Crippen LogP contribution in [-0.4, -0.2) is 4.68 Å². The van der Waals surface area contributed by atoms with E-state index >= 15 is 0 Å². The van der Waals surface area contributed by atoms with Gasteiger partial charge in [0.15, 0.2) is 6.54 Å². The minimum Gasteiger partial charge on any atom is -0.399 e. The van der Waals surface area contributed by atoms with E-state index in [1.807, 2.05) is 12.1 Å². The molecule has 0 amide bonds. The zero-order valence-corrected chi connectivity index (χ0v) is 8.70. The maximum absolute atomic E-state index is 5.78. The van der Waals surface area contributed by atoms with Gasteiger partial charge in [-0.3, -0.25) is 0 Å². The Morgan fingerprint density at radius 1 is 1.36 bits per heavy atom. The molecule has 2 rings (SSSR count). The van der Waals surface area contributed by atoms with Crippen LogP contribution in [0.3, 0.4) is 0 Å². The summed E-state index contributed by atoms with van der Waals surface area (Å²) in [5.41, 5.74) is 7.82. The van der Waals surface area contributed by atoms with Crippen molar-refractivity contribution in [2.24, 2.45) is 0 Å². The van der Waals surface area contributed by atoms with Gasteiger partial charge in [-0.15, -0.1) is 4.68 Å². The van der Waals surface area contributed by atoms with Gasteiger partial charge in [0, 0.05) is 5.69 Å². The molecule has 0 saturated heterocycles. The smallest absolute Gasteiger partial charge is 0.203 e. The third-order valence-corrected chi connectivity index (χ3v) is 2.55. The molecule has 0 atom stereocenters. The molecule has 1 heterocycles. The first-order chi connectivity index (χ1) is 6.76. The first kappa shape index (κ1) is 9.06. The Morgan fingerprint density at radius 2 is 2.14 bits per heavy atom. The van der Waals surface area contributed by atoms with E-state index in [0.717, 1.165) is 18.8 Å². The summed E-state index contributed by atoms with van der Waals surface area (Å²) in [6.07, 6.45) is 2.16. The summed E-state index contributed by atoms with van der Waals surface area (Å²) >= 11 is 0. The molecule has 3 heteroatoms. The van der Waals surface area contributed by atoms with Crippen LogP contribution in [0.2, 0.25) is 0 Å². The lowest BCUT2D eigenvalue weighted by atomic mass is 10.2. The molecule has 0 unspecified atom stereocenters. The lowest BCUT2D eigenvalue weighted by Gasteiger charge is -1.98. The summed E-state index contributed by atoms with van der Waals surface area (Å²) < 4.78 is 4.45. The molecule has 0 radical (unpaired) electrons. The van der Waals surface area contributed by atoms with Gasteiger partial charge >= 0.3 is 0 Å². The van der Waals surface area contributed by atoms with Crippen molar-refractivity contribution in [3.63, 3.8) is 0 Å². The number of aromatic nitrogens is 2. The van der Waals surface area contributed by atoms with E-state index < -0.39 is 0 Å². The number of fused-ring (bicyclic) bond motifs is 1. The van der Waals surface area contributed by atoms with Crippen molar-refractivity contribution in [3.05, 3.63) is 24.4 Å². The van der Waals surface area contributed by atoms with Gasteiger partial charge in [0.1, 0.15) is 5.52 Å². The van der Waals surface area contributed by atoms with Crippen LogP contribution in [0.5, 0.6) is 0 Å². The van der Waals surface area contributed by atoms with Gasteiger partial charge in [-0.2, -0.15) is 4.68 Å². The first-order valence-electron chi connectivity index (χ1n) is 5.04. The van der Waals surface area contributed by atoms with E-state index in [2.05, 4.69) is 35.5 Å². The van der Waals surface area contributed by atoms with Crippen LogP contribution in [-0.2, 0) is 13.1 Å². The fourth-order valence-electron chi connectivity index (χ4n) is 1.88. The molecular formula is C11H16N3+. The summed E-state index contributed by atoms with van der Waals surface area (Å²) in [5.74, 6) is 0. The van der Waals surface area contributed by atoms with Gasteiger partial charge in [-0.1, -0.05) is 0 Å². The molecule has 3 nitrogen and oxygen atoms in total. The van der Waals surface area contributed by atoms with E-state index in [1.54, 1.807) is 0 Å². The maximum Gasteiger partial charge on any atom is 0.203 e. The number of nitrogen functional groups attached to an aromatic ring is 1. The van der Waals surface area contributed by atoms with Crippen LogP contribution in [0, 0.1) is 0 Å². The number of hydrogen-bond acceptors (Lipinski definition) is 1. The molecule has 1 aromatic heterocycles. The van der Waals surface area contributed by atoms with Crippen molar-refractivity contribution < 1.29 is 4.68 Å². The Morgan fingerprint density at radius 3 is 2.79 bits per heavy atom. The summed E-state index contributed by atoms with van der Waals surface area (Å²) in [7, 11) is 0. The summed E-state index contributed by atoms with van der Waals surface area (Å²) in [6, 6.07) is 6.05. The highest BCUT2D eigenvalue weighted by Gasteiger charge is 2.12. The number of hydrogen-bond donors (Lipinski definition) is 1. The molecule has 0 bridgehead atoms. The van der Waals surface area contributed by atoms with E-state index in [-0.39, 0.29) is 0 Å². The molecule has 74 valence electrons. The lowest BCUT2D eigenvalue weighted by molar-refractivity contribution is -0.770. The molecule has 2 N–H and O–H groups in total. The third kappa shape index (κ3) is 1.25. The normalized spacial score (nSPS) is 11.0. The van der Waals surface area contributed by atoms with Gasteiger partial charge in [-0.25, -0.2) is 0 Å². The van der Waals surface area contributed by atoms with Gasteiger partial charge in [0.05, 0.1) is 11.9 Å². The van der Waals surface area contributed by atoms with Crippen molar-refractivity contribution in [1.29, 1.82) is 0 Å². The van der Waals surface area contributed by atoms with Crippen LogP contribution < -0.4 is 10.4 Å². The average Bonchev–Trinajstić information content (AvgIpc) is 2.54. The summed E-state index contributed by atoms with van der Waals surface area (Å²) in [5, 5.41) is 1.25. The molecule has 14 heavy (non-hydrogen) atoms. The monoisotopic (exact) mass is 190 g/mol. The van der Waals surface area contributed by atoms with Crippen molar-refractivity contribution in [3.8, 4) is 0 Å². The molecule has 0 aliphatic rings. The van der Waals surface area contributed by atoms with Crippen molar-refractivity contribution in [1.82, 2.24) is 4.68 Å². The number of aryl methyl sites for hydroxylation is 2. The number of benzene rings is 1. The Kier molecular flexibility index (Phi) is 2.15. The highest BCUT2D eigenvalue weighted by atomic mass is 15.4. The Labute approximate surface area is 83.7 Å². The molecule has 1 aromatic carbocycles. The minimum atomic E-state index is 0.827.